The van der Waals surface area contributed by atoms with E-state index in [4.69, 9.17) is 9.47 Å². The zero-order valence-electron chi connectivity index (χ0n) is 14.8. The number of nitrogens with one attached hydrogen (secondary N) is 1. The molecule has 1 aliphatic rings. The molecule has 138 valence electrons. The molecule has 25 heavy (non-hydrogen) atoms. The average Bonchev–Trinajstić information content (AvgIpc) is 2.60. The number of ether oxygens (including phenoxy) is 2. The first-order valence-electron chi connectivity index (χ1n) is 8.67. The number of halogens is 1. The van der Waals surface area contributed by atoms with E-state index in [1.165, 1.54) is 0 Å². The number of carbonyl (C=O) groups excluding carboxylic acids is 2. The number of fused-ring (bicyclic) bond motifs is 1. The van der Waals surface area contributed by atoms with Gasteiger partial charge < -0.3 is 19.7 Å². The third kappa shape index (κ3) is 5.63. The molecule has 0 atom stereocenters. The van der Waals surface area contributed by atoms with Crippen molar-refractivity contribution in [2.24, 2.45) is 0 Å². The Morgan fingerprint density at radius 1 is 1.16 bits per heavy atom. The summed E-state index contributed by atoms with van der Waals surface area (Å²) in [5, 5.41) is 2.81. The van der Waals surface area contributed by atoms with Crippen LogP contribution in [0.2, 0.25) is 0 Å². The van der Waals surface area contributed by atoms with Crippen LogP contribution in [0.5, 0.6) is 11.5 Å². The largest absolute Gasteiger partial charge is 0.486 e. The summed E-state index contributed by atoms with van der Waals surface area (Å²) < 4.78 is 11.9. The Bertz CT molecular complexity index is 621. The first-order chi connectivity index (χ1) is 12.0. The SMILES string of the molecule is CCCNC(=O)CN(CCC)C(=O)Cc1cc2c(cc1Br)OCCO2. The van der Waals surface area contributed by atoms with Crippen molar-refractivity contribution in [1.82, 2.24) is 10.2 Å². The van der Waals surface area contributed by atoms with Gasteiger partial charge in [-0.3, -0.25) is 9.59 Å². The van der Waals surface area contributed by atoms with Gasteiger partial charge in [0.05, 0.1) is 13.0 Å². The first-order valence-corrected chi connectivity index (χ1v) is 9.47. The van der Waals surface area contributed by atoms with E-state index in [9.17, 15) is 9.59 Å². The van der Waals surface area contributed by atoms with Gasteiger partial charge in [0.2, 0.25) is 11.8 Å². The molecule has 6 nitrogen and oxygen atoms in total. The van der Waals surface area contributed by atoms with E-state index in [-0.39, 0.29) is 24.8 Å². The quantitative estimate of drug-likeness (QED) is 0.712. The topological polar surface area (TPSA) is 67.9 Å². The van der Waals surface area contributed by atoms with E-state index < -0.39 is 0 Å². The second-order valence-corrected chi connectivity index (χ2v) is 6.78. The van der Waals surface area contributed by atoms with Gasteiger partial charge >= 0.3 is 0 Å². The Kier molecular flexibility index (Phi) is 7.55. The number of hydrogen-bond donors (Lipinski definition) is 1. The maximum atomic E-state index is 12.7. The fraction of sp³-hybridized carbons (Fsp3) is 0.556. The minimum Gasteiger partial charge on any atom is -0.486 e. The number of carbonyl (C=O) groups is 2. The Morgan fingerprint density at radius 2 is 1.84 bits per heavy atom. The molecule has 0 unspecified atom stereocenters. The van der Waals surface area contributed by atoms with Crippen molar-refractivity contribution < 1.29 is 19.1 Å². The summed E-state index contributed by atoms with van der Waals surface area (Å²) in [5.41, 5.74) is 0.823. The van der Waals surface area contributed by atoms with Gasteiger partial charge in [-0.1, -0.05) is 29.8 Å². The standard InChI is InChI=1S/C18H25BrN2O4/c1-3-5-20-17(22)12-21(6-4-2)18(23)10-13-9-15-16(11-14(13)19)25-8-7-24-15/h9,11H,3-8,10,12H2,1-2H3,(H,20,22). The Labute approximate surface area is 157 Å². The molecule has 0 spiro atoms. The normalized spacial score (nSPS) is 12.6. The molecule has 0 bridgehead atoms. The van der Waals surface area contributed by atoms with Gasteiger partial charge in [-0.2, -0.15) is 0 Å². The van der Waals surface area contributed by atoms with E-state index in [0.29, 0.717) is 37.8 Å². The summed E-state index contributed by atoms with van der Waals surface area (Å²) in [6.45, 7) is 6.28. The molecule has 0 aromatic heterocycles. The highest BCUT2D eigenvalue weighted by Crippen LogP contribution is 2.35. The van der Waals surface area contributed by atoms with Crippen LogP contribution in [0, 0.1) is 0 Å². The molecule has 0 saturated heterocycles. The molecular weight excluding hydrogens is 388 g/mol. The van der Waals surface area contributed by atoms with Crippen molar-refractivity contribution >= 4 is 27.7 Å². The van der Waals surface area contributed by atoms with Gasteiger partial charge in [0.15, 0.2) is 11.5 Å². The highest BCUT2D eigenvalue weighted by molar-refractivity contribution is 9.10. The minimum absolute atomic E-state index is 0.0779. The van der Waals surface area contributed by atoms with Crippen LogP contribution in [0.4, 0.5) is 0 Å². The second kappa shape index (κ2) is 9.65. The van der Waals surface area contributed by atoms with Crippen LogP contribution in [-0.2, 0) is 16.0 Å². The molecule has 1 aliphatic heterocycles. The first kappa shape index (κ1) is 19.6. The van der Waals surface area contributed by atoms with Gasteiger partial charge in [0.25, 0.3) is 0 Å². The van der Waals surface area contributed by atoms with Crippen LogP contribution in [0.25, 0.3) is 0 Å². The van der Waals surface area contributed by atoms with Crippen molar-refractivity contribution in [3.8, 4) is 11.5 Å². The van der Waals surface area contributed by atoms with Gasteiger partial charge in [0.1, 0.15) is 13.2 Å². The monoisotopic (exact) mass is 412 g/mol. The lowest BCUT2D eigenvalue weighted by atomic mass is 10.1. The van der Waals surface area contributed by atoms with Crippen LogP contribution in [0.1, 0.15) is 32.3 Å². The maximum Gasteiger partial charge on any atom is 0.239 e. The van der Waals surface area contributed by atoms with Crippen LogP contribution in [-0.4, -0.2) is 49.6 Å². The van der Waals surface area contributed by atoms with Gasteiger partial charge in [-0.05, 0) is 30.5 Å². The molecule has 0 radical (unpaired) electrons. The fourth-order valence-corrected chi connectivity index (χ4v) is 3.03. The number of amides is 2. The number of hydrogen-bond acceptors (Lipinski definition) is 4. The smallest absolute Gasteiger partial charge is 0.239 e. The Morgan fingerprint density at radius 3 is 2.48 bits per heavy atom. The van der Waals surface area contributed by atoms with Crippen molar-refractivity contribution in [3.05, 3.63) is 22.2 Å². The number of benzene rings is 1. The molecule has 2 amide bonds. The summed E-state index contributed by atoms with van der Waals surface area (Å²) in [5.74, 6) is 1.13. The molecule has 2 rings (SSSR count). The Hall–Kier alpha value is -1.76. The summed E-state index contributed by atoms with van der Waals surface area (Å²) in [4.78, 5) is 26.2. The maximum absolute atomic E-state index is 12.7. The van der Waals surface area contributed by atoms with Crippen molar-refractivity contribution in [2.45, 2.75) is 33.1 Å². The third-order valence-corrected chi connectivity index (χ3v) is 4.54. The molecule has 1 N–H and O–H groups in total. The molecular formula is C18H25BrN2O4. The van der Waals surface area contributed by atoms with Gasteiger partial charge in [-0.15, -0.1) is 0 Å². The summed E-state index contributed by atoms with van der Waals surface area (Å²) in [6.07, 6.45) is 1.88. The summed E-state index contributed by atoms with van der Waals surface area (Å²) in [7, 11) is 0. The highest BCUT2D eigenvalue weighted by atomic mass is 79.9. The van der Waals surface area contributed by atoms with E-state index in [2.05, 4.69) is 21.2 Å². The summed E-state index contributed by atoms with van der Waals surface area (Å²) >= 11 is 3.49. The van der Waals surface area contributed by atoms with Crippen molar-refractivity contribution in [2.75, 3.05) is 32.8 Å². The molecule has 1 aromatic rings. The molecule has 0 aliphatic carbocycles. The lowest BCUT2D eigenvalue weighted by molar-refractivity contribution is -0.135. The predicted octanol–water partition coefficient (Wildman–Crippen LogP) is 2.53. The third-order valence-electron chi connectivity index (χ3n) is 3.81. The lowest BCUT2D eigenvalue weighted by Crippen LogP contribution is -2.42. The second-order valence-electron chi connectivity index (χ2n) is 5.93. The van der Waals surface area contributed by atoms with E-state index in [1.54, 1.807) is 4.90 Å². The zero-order valence-corrected chi connectivity index (χ0v) is 16.4. The van der Waals surface area contributed by atoms with E-state index in [0.717, 1.165) is 22.9 Å². The number of rotatable bonds is 8. The molecule has 0 saturated carbocycles. The van der Waals surface area contributed by atoms with Gasteiger partial charge in [0, 0.05) is 17.6 Å². The predicted molar refractivity (Wildman–Crippen MR) is 99.0 cm³/mol. The molecule has 0 fully saturated rings. The highest BCUT2D eigenvalue weighted by Gasteiger charge is 2.20. The van der Waals surface area contributed by atoms with Crippen LogP contribution < -0.4 is 14.8 Å². The minimum atomic E-state index is -0.120. The van der Waals surface area contributed by atoms with E-state index in [1.807, 2.05) is 26.0 Å². The van der Waals surface area contributed by atoms with Crippen molar-refractivity contribution in [3.63, 3.8) is 0 Å². The lowest BCUT2D eigenvalue weighted by Gasteiger charge is -2.23. The fourth-order valence-electron chi connectivity index (χ4n) is 2.57. The zero-order chi connectivity index (χ0) is 18.2. The Balaban J connectivity index is 2.05. The van der Waals surface area contributed by atoms with Crippen LogP contribution in [0.15, 0.2) is 16.6 Å². The molecule has 1 aromatic carbocycles. The number of nitrogens with zero attached hydrogens (tertiary/aromatic N) is 1. The molecule has 1 heterocycles. The van der Waals surface area contributed by atoms with Crippen LogP contribution >= 0.6 is 15.9 Å². The van der Waals surface area contributed by atoms with Gasteiger partial charge in [-0.25, -0.2) is 0 Å². The molecule has 7 heteroatoms. The summed E-state index contributed by atoms with van der Waals surface area (Å²) in [6, 6.07) is 3.66. The average molecular weight is 413 g/mol. The van der Waals surface area contributed by atoms with E-state index >= 15 is 0 Å². The van der Waals surface area contributed by atoms with Crippen molar-refractivity contribution in [1.29, 1.82) is 0 Å². The van der Waals surface area contributed by atoms with Crippen LogP contribution in [0.3, 0.4) is 0 Å².